The number of hydrogen-bond donors (Lipinski definition) is 1. The van der Waals surface area contributed by atoms with Crippen LogP contribution in [0.25, 0.3) is 0 Å². The molecule has 1 aliphatic heterocycles. The third-order valence-corrected chi connectivity index (χ3v) is 4.39. The van der Waals surface area contributed by atoms with E-state index in [1.807, 2.05) is 0 Å². The average Bonchev–Trinajstić information content (AvgIpc) is 2.78. The van der Waals surface area contributed by atoms with E-state index in [2.05, 4.69) is 24.1 Å². The van der Waals surface area contributed by atoms with Gasteiger partial charge in [0, 0.05) is 25.2 Å². The Morgan fingerprint density at radius 3 is 2.59 bits per heavy atom. The Labute approximate surface area is 107 Å². The number of hydrogen-bond acceptors (Lipinski definition) is 2. The summed E-state index contributed by atoms with van der Waals surface area (Å²) >= 11 is 0. The smallest absolute Gasteiger partial charge is 0.0200 e. The summed E-state index contributed by atoms with van der Waals surface area (Å²) in [6, 6.07) is 1.59. The number of nitrogens with one attached hydrogen (secondary N) is 1. The van der Waals surface area contributed by atoms with Crippen LogP contribution in [0.2, 0.25) is 0 Å². The maximum atomic E-state index is 3.91. The Kier molecular flexibility index (Phi) is 5.30. The summed E-state index contributed by atoms with van der Waals surface area (Å²) in [5.74, 6) is 0.875. The fourth-order valence-corrected chi connectivity index (χ4v) is 3.57. The van der Waals surface area contributed by atoms with E-state index in [9.17, 15) is 0 Å². The van der Waals surface area contributed by atoms with E-state index >= 15 is 0 Å². The van der Waals surface area contributed by atoms with Crippen LogP contribution in [0.4, 0.5) is 0 Å². The van der Waals surface area contributed by atoms with E-state index < -0.39 is 0 Å². The highest BCUT2D eigenvalue weighted by atomic mass is 15.2. The first-order valence-corrected chi connectivity index (χ1v) is 7.76. The van der Waals surface area contributed by atoms with Gasteiger partial charge in [-0.3, -0.25) is 0 Å². The molecular formula is C15H30N2. The first kappa shape index (κ1) is 13.4. The Morgan fingerprint density at radius 2 is 1.88 bits per heavy atom. The maximum Gasteiger partial charge on any atom is 0.0200 e. The van der Waals surface area contributed by atoms with Gasteiger partial charge in [0.05, 0.1) is 0 Å². The Hall–Kier alpha value is -0.0800. The second kappa shape index (κ2) is 6.75. The van der Waals surface area contributed by atoms with Crippen molar-refractivity contribution in [2.45, 2.75) is 70.9 Å². The van der Waals surface area contributed by atoms with Crippen LogP contribution in [0, 0.1) is 5.92 Å². The zero-order valence-electron chi connectivity index (χ0n) is 11.8. The molecule has 1 N–H and O–H groups in total. The molecular weight excluding hydrogens is 208 g/mol. The number of nitrogens with zero attached hydrogens (tertiary/aromatic N) is 1. The van der Waals surface area contributed by atoms with E-state index in [0.29, 0.717) is 0 Å². The molecule has 0 bridgehead atoms. The Morgan fingerprint density at radius 1 is 1.12 bits per heavy atom. The SMILES string of the molecule is CCCCN1CC(C)CC(NC2CCCC2)C1. The lowest BCUT2D eigenvalue weighted by Crippen LogP contribution is -2.51. The molecule has 2 unspecified atom stereocenters. The van der Waals surface area contributed by atoms with Gasteiger partial charge in [0.2, 0.25) is 0 Å². The van der Waals surface area contributed by atoms with Gasteiger partial charge < -0.3 is 10.2 Å². The van der Waals surface area contributed by atoms with Gasteiger partial charge >= 0.3 is 0 Å². The summed E-state index contributed by atoms with van der Waals surface area (Å²) < 4.78 is 0. The number of unbranched alkanes of at least 4 members (excludes halogenated alkanes) is 1. The highest BCUT2D eigenvalue weighted by molar-refractivity contribution is 4.85. The molecule has 17 heavy (non-hydrogen) atoms. The van der Waals surface area contributed by atoms with E-state index in [0.717, 1.165) is 18.0 Å². The minimum atomic E-state index is 0.763. The summed E-state index contributed by atoms with van der Waals surface area (Å²) in [5, 5.41) is 3.91. The van der Waals surface area contributed by atoms with Gasteiger partial charge in [0.15, 0.2) is 0 Å². The van der Waals surface area contributed by atoms with Crippen molar-refractivity contribution < 1.29 is 0 Å². The molecule has 2 atom stereocenters. The number of likely N-dealkylation sites (tertiary alicyclic amines) is 1. The summed E-state index contributed by atoms with van der Waals surface area (Å²) in [5.41, 5.74) is 0. The summed E-state index contributed by atoms with van der Waals surface area (Å²) in [6.45, 7) is 8.64. The van der Waals surface area contributed by atoms with Crippen LogP contribution in [-0.2, 0) is 0 Å². The average molecular weight is 238 g/mol. The molecule has 0 spiro atoms. The van der Waals surface area contributed by atoms with Crippen LogP contribution in [0.3, 0.4) is 0 Å². The molecule has 0 radical (unpaired) electrons. The van der Waals surface area contributed by atoms with Gasteiger partial charge in [-0.25, -0.2) is 0 Å². The largest absolute Gasteiger partial charge is 0.310 e. The van der Waals surface area contributed by atoms with Gasteiger partial charge in [-0.15, -0.1) is 0 Å². The van der Waals surface area contributed by atoms with Crippen molar-refractivity contribution in [2.75, 3.05) is 19.6 Å². The molecule has 2 aliphatic rings. The second-order valence-corrected chi connectivity index (χ2v) is 6.30. The van der Waals surface area contributed by atoms with Crippen LogP contribution in [-0.4, -0.2) is 36.6 Å². The third kappa shape index (κ3) is 4.26. The van der Waals surface area contributed by atoms with Crippen LogP contribution < -0.4 is 5.32 Å². The van der Waals surface area contributed by atoms with Gasteiger partial charge in [0.1, 0.15) is 0 Å². The lowest BCUT2D eigenvalue weighted by molar-refractivity contribution is 0.141. The summed E-state index contributed by atoms with van der Waals surface area (Å²) in [4.78, 5) is 2.68. The predicted molar refractivity (Wildman–Crippen MR) is 74.3 cm³/mol. The highest BCUT2D eigenvalue weighted by Crippen LogP contribution is 2.22. The normalized spacial score (nSPS) is 32.1. The minimum Gasteiger partial charge on any atom is -0.310 e. The minimum absolute atomic E-state index is 0.763. The van der Waals surface area contributed by atoms with E-state index in [-0.39, 0.29) is 0 Å². The topological polar surface area (TPSA) is 15.3 Å². The quantitative estimate of drug-likeness (QED) is 0.792. The molecule has 1 aliphatic carbocycles. The lowest BCUT2D eigenvalue weighted by Gasteiger charge is -2.38. The molecule has 1 heterocycles. The van der Waals surface area contributed by atoms with Crippen molar-refractivity contribution in [3.63, 3.8) is 0 Å². The first-order chi connectivity index (χ1) is 8.28. The fourth-order valence-electron chi connectivity index (χ4n) is 3.57. The molecule has 1 saturated carbocycles. The van der Waals surface area contributed by atoms with Crippen LogP contribution in [0.15, 0.2) is 0 Å². The predicted octanol–water partition coefficient (Wildman–Crippen LogP) is 3.03. The molecule has 2 heteroatoms. The second-order valence-electron chi connectivity index (χ2n) is 6.30. The van der Waals surface area contributed by atoms with Crippen molar-refractivity contribution >= 4 is 0 Å². The number of piperidine rings is 1. The van der Waals surface area contributed by atoms with Crippen molar-refractivity contribution in [3.05, 3.63) is 0 Å². The molecule has 100 valence electrons. The summed E-state index contributed by atoms with van der Waals surface area (Å²) in [7, 11) is 0. The van der Waals surface area contributed by atoms with E-state index in [1.165, 1.54) is 64.6 Å². The fraction of sp³-hybridized carbons (Fsp3) is 1.00. The van der Waals surface area contributed by atoms with Gasteiger partial charge in [-0.2, -0.15) is 0 Å². The molecule has 2 nitrogen and oxygen atoms in total. The van der Waals surface area contributed by atoms with Crippen molar-refractivity contribution in [2.24, 2.45) is 5.92 Å². The Balaban J connectivity index is 1.76. The zero-order chi connectivity index (χ0) is 12.1. The number of rotatable bonds is 5. The molecule has 0 aromatic rings. The Bertz CT molecular complexity index is 211. The monoisotopic (exact) mass is 238 g/mol. The van der Waals surface area contributed by atoms with Crippen molar-refractivity contribution in [3.8, 4) is 0 Å². The molecule has 0 aromatic carbocycles. The molecule has 0 aromatic heterocycles. The summed E-state index contributed by atoms with van der Waals surface area (Å²) in [6.07, 6.45) is 9.80. The van der Waals surface area contributed by atoms with Crippen molar-refractivity contribution in [1.29, 1.82) is 0 Å². The molecule has 1 saturated heterocycles. The first-order valence-electron chi connectivity index (χ1n) is 7.76. The van der Waals surface area contributed by atoms with Gasteiger partial charge in [-0.1, -0.05) is 33.1 Å². The maximum absolute atomic E-state index is 3.91. The van der Waals surface area contributed by atoms with Crippen LogP contribution in [0.5, 0.6) is 0 Å². The lowest BCUT2D eigenvalue weighted by atomic mass is 9.95. The van der Waals surface area contributed by atoms with Crippen LogP contribution in [0.1, 0.15) is 58.8 Å². The van der Waals surface area contributed by atoms with Crippen molar-refractivity contribution in [1.82, 2.24) is 10.2 Å². The zero-order valence-corrected chi connectivity index (χ0v) is 11.8. The van der Waals surface area contributed by atoms with E-state index in [4.69, 9.17) is 0 Å². The highest BCUT2D eigenvalue weighted by Gasteiger charge is 2.26. The molecule has 2 rings (SSSR count). The molecule has 0 amide bonds. The van der Waals surface area contributed by atoms with E-state index in [1.54, 1.807) is 0 Å². The van der Waals surface area contributed by atoms with Gasteiger partial charge in [-0.05, 0) is 38.1 Å². The van der Waals surface area contributed by atoms with Crippen LogP contribution >= 0.6 is 0 Å². The standard InChI is InChI=1S/C15H30N2/c1-3-4-9-17-11-13(2)10-15(12-17)16-14-7-5-6-8-14/h13-16H,3-12H2,1-2H3. The van der Waals surface area contributed by atoms with Gasteiger partial charge in [0.25, 0.3) is 0 Å². The molecule has 2 fully saturated rings. The third-order valence-electron chi connectivity index (χ3n) is 4.39.